The van der Waals surface area contributed by atoms with Crippen LogP contribution in [0.2, 0.25) is 0 Å². The lowest BCUT2D eigenvalue weighted by Crippen LogP contribution is -2.14. The van der Waals surface area contributed by atoms with E-state index in [0.29, 0.717) is 10.7 Å². The highest BCUT2D eigenvalue weighted by molar-refractivity contribution is 8.00. The molecule has 1 heterocycles. The van der Waals surface area contributed by atoms with Gasteiger partial charge in [-0.3, -0.25) is 9.89 Å². The Morgan fingerprint density at radius 2 is 2.16 bits per heavy atom. The predicted molar refractivity (Wildman–Crippen MR) is 69.0 cm³/mol. The van der Waals surface area contributed by atoms with E-state index >= 15 is 0 Å². The van der Waals surface area contributed by atoms with Gasteiger partial charge in [0.2, 0.25) is 5.91 Å². The second-order valence-electron chi connectivity index (χ2n) is 3.85. The molecular formula is C12H11F2N3OS. The third-order valence-electron chi connectivity index (χ3n) is 2.23. The number of aryl methyl sites for hydroxylation is 1. The van der Waals surface area contributed by atoms with E-state index in [-0.39, 0.29) is 11.7 Å². The van der Waals surface area contributed by atoms with Crippen molar-refractivity contribution in [3.63, 3.8) is 0 Å². The van der Waals surface area contributed by atoms with Gasteiger partial charge in [-0.2, -0.15) is 5.10 Å². The largest absolute Gasteiger partial charge is 0.308 e. The van der Waals surface area contributed by atoms with Gasteiger partial charge in [0.1, 0.15) is 0 Å². The van der Waals surface area contributed by atoms with Crippen LogP contribution in [0.4, 0.5) is 14.6 Å². The Labute approximate surface area is 112 Å². The summed E-state index contributed by atoms with van der Waals surface area (Å²) < 4.78 is 25.7. The van der Waals surface area contributed by atoms with Gasteiger partial charge in [0.25, 0.3) is 0 Å². The molecule has 2 rings (SSSR count). The number of hydrogen-bond donors (Lipinski definition) is 2. The van der Waals surface area contributed by atoms with Gasteiger partial charge < -0.3 is 5.32 Å². The number of nitrogens with one attached hydrogen (secondary N) is 2. The number of benzene rings is 1. The molecule has 7 heteroatoms. The highest BCUT2D eigenvalue weighted by Crippen LogP contribution is 2.20. The van der Waals surface area contributed by atoms with Crippen molar-refractivity contribution in [2.45, 2.75) is 11.8 Å². The summed E-state index contributed by atoms with van der Waals surface area (Å²) in [5, 5.41) is 9.15. The summed E-state index contributed by atoms with van der Waals surface area (Å²) >= 11 is 1.12. The Morgan fingerprint density at radius 3 is 2.79 bits per heavy atom. The first-order valence-corrected chi connectivity index (χ1v) is 6.43. The summed E-state index contributed by atoms with van der Waals surface area (Å²) in [6.07, 6.45) is 0. The van der Waals surface area contributed by atoms with Crippen molar-refractivity contribution < 1.29 is 13.6 Å². The first-order valence-electron chi connectivity index (χ1n) is 5.44. The number of thioether (sulfide) groups is 1. The van der Waals surface area contributed by atoms with E-state index in [2.05, 4.69) is 15.5 Å². The molecule has 0 unspecified atom stereocenters. The second kappa shape index (κ2) is 5.83. The number of carbonyl (C=O) groups excluding carboxylic acids is 1. The molecular weight excluding hydrogens is 272 g/mol. The van der Waals surface area contributed by atoms with E-state index in [1.54, 1.807) is 6.07 Å². The maximum Gasteiger partial charge on any atom is 0.235 e. The number of aromatic nitrogens is 2. The van der Waals surface area contributed by atoms with Gasteiger partial charge >= 0.3 is 0 Å². The van der Waals surface area contributed by atoms with E-state index in [4.69, 9.17) is 0 Å². The zero-order chi connectivity index (χ0) is 13.8. The summed E-state index contributed by atoms with van der Waals surface area (Å²) in [4.78, 5) is 12.1. The number of hydrogen-bond acceptors (Lipinski definition) is 3. The Balaban J connectivity index is 1.88. The maximum atomic E-state index is 13.0. The van der Waals surface area contributed by atoms with Gasteiger partial charge in [-0.25, -0.2) is 8.78 Å². The summed E-state index contributed by atoms with van der Waals surface area (Å²) in [6, 6.07) is 5.22. The molecule has 0 atom stereocenters. The summed E-state index contributed by atoms with van der Waals surface area (Å²) in [5.41, 5.74) is 0.837. The third-order valence-corrected chi connectivity index (χ3v) is 3.23. The van der Waals surface area contributed by atoms with Crippen LogP contribution in [0.5, 0.6) is 0 Å². The molecule has 0 saturated heterocycles. The summed E-state index contributed by atoms with van der Waals surface area (Å²) in [5.74, 6) is -1.56. The molecule has 0 radical (unpaired) electrons. The molecule has 1 aromatic carbocycles. The van der Waals surface area contributed by atoms with E-state index in [0.717, 1.165) is 29.6 Å². The fourth-order valence-electron chi connectivity index (χ4n) is 1.38. The molecule has 0 spiro atoms. The quantitative estimate of drug-likeness (QED) is 0.848. The van der Waals surface area contributed by atoms with Crippen molar-refractivity contribution in [2.24, 2.45) is 0 Å². The van der Waals surface area contributed by atoms with Crippen LogP contribution in [-0.2, 0) is 4.79 Å². The first kappa shape index (κ1) is 13.5. The van der Waals surface area contributed by atoms with Crippen LogP contribution in [-0.4, -0.2) is 21.9 Å². The zero-order valence-corrected chi connectivity index (χ0v) is 10.9. The van der Waals surface area contributed by atoms with E-state index in [9.17, 15) is 13.6 Å². The number of carbonyl (C=O) groups is 1. The smallest absolute Gasteiger partial charge is 0.235 e. The molecule has 0 bridgehead atoms. The molecule has 4 nitrogen and oxygen atoms in total. The van der Waals surface area contributed by atoms with Crippen LogP contribution < -0.4 is 5.32 Å². The minimum atomic E-state index is -0.923. The highest BCUT2D eigenvalue weighted by atomic mass is 32.2. The number of H-pyrrole nitrogens is 1. The van der Waals surface area contributed by atoms with Crippen molar-refractivity contribution in [1.29, 1.82) is 0 Å². The zero-order valence-electron chi connectivity index (χ0n) is 10.0. The van der Waals surface area contributed by atoms with Crippen molar-refractivity contribution in [2.75, 3.05) is 11.1 Å². The molecule has 0 saturated carbocycles. The maximum absolute atomic E-state index is 13.0. The highest BCUT2D eigenvalue weighted by Gasteiger charge is 2.07. The normalized spacial score (nSPS) is 10.5. The van der Waals surface area contributed by atoms with Crippen LogP contribution >= 0.6 is 11.8 Å². The predicted octanol–water partition coefficient (Wildman–Crippen LogP) is 2.73. The molecule has 1 aromatic heterocycles. The molecule has 0 aliphatic rings. The molecule has 19 heavy (non-hydrogen) atoms. The van der Waals surface area contributed by atoms with Crippen molar-refractivity contribution in [3.8, 4) is 0 Å². The van der Waals surface area contributed by atoms with E-state index in [1.165, 1.54) is 6.07 Å². The number of nitrogens with zero attached hydrogens (tertiary/aromatic N) is 1. The molecule has 2 aromatic rings. The van der Waals surface area contributed by atoms with Crippen molar-refractivity contribution >= 4 is 23.5 Å². The molecule has 100 valence electrons. The topological polar surface area (TPSA) is 57.8 Å². The van der Waals surface area contributed by atoms with Crippen molar-refractivity contribution in [3.05, 3.63) is 41.6 Å². The molecule has 1 amide bonds. The Hall–Kier alpha value is -1.89. The molecule has 0 aliphatic carbocycles. The Kier molecular flexibility index (Phi) is 4.16. The number of aromatic amines is 1. The number of anilines is 1. The van der Waals surface area contributed by atoms with Crippen LogP contribution in [0.25, 0.3) is 0 Å². The van der Waals surface area contributed by atoms with E-state index < -0.39 is 11.6 Å². The number of rotatable bonds is 4. The lowest BCUT2D eigenvalue weighted by molar-refractivity contribution is -0.113. The van der Waals surface area contributed by atoms with Gasteiger partial charge in [0.15, 0.2) is 17.5 Å². The minimum Gasteiger partial charge on any atom is -0.308 e. The third kappa shape index (κ3) is 3.78. The monoisotopic (exact) mass is 283 g/mol. The second-order valence-corrected chi connectivity index (χ2v) is 4.90. The van der Waals surface area contributed by atoms with Crippen LogP contribution in [0, 0.1) is 18.6 Å². The first-order chi connectivity index (χ1) is 9.04. The SMILES string of the molecule is Cc1cc(NC(=O)CSc2ccc(F)c(F)c2)n[nH]1. The average Bonchev–Trinajstić information content (AvgIpc) is 2.76. The lowest BCUT2D eigenvalue weighted by Gasteiger charge is -2.02. The summed E-state index contributed by atoms with van der Waals surface area (Å²) in [7, 11) is 0. The summed E-state index contributed by atoms with van der Waals surface area (Å²) in [6.45, 7) is 1.82. The van der Waals surface area contributed by atoms with Crippen LogP contribution in [0.15, 0.2) is 29.2 Å². The van der Waals surface area contributed by atoms with Gasteiger partial charge in [-0.1, -0.05) is 0 Å². The van der Waals surface area contributed by atoms with Crippen LogP contribution in [0.3, 0.4) is 0 Å². The molecule has 0 aliphatic heterocycles. The number of halogens is 2. The lowest BCUT2D eigenvalue weighted by atomic mass is 10.3. The van der Waals surface area contributed by atoms with E-state index in [1.807, 2.05) is 6.92 Å². The average molecular weight is 283 g/mol. The minimum absolute atomic E-state index is 0.0942. The number of amides is 1. The molecule has 2 N–H and O–H groups in total. The fraction of sp³-hybridized carbons (Fsp3) is 0.167. The van der Waals surface area contributed by atoms with Crippen LogP contribution in [0.1, 0.15) is 5.69 Å². The molecule has 0 fully saturated rings. The van der Waals surface area contributed by atoms with Gasteiger partial charge in [0, 0.05) is 16.7 Å². The van der Waals surface area contributed by atoms with Crippen molar-refractivity contribution in [1.82, 2.24) is 10.2 Å². The standard InChI is InChI=1S/C12H11F2N3OS/c1-7-4-11(17-16-7)15-12(18)6-19-8-2-3-9(13)10(14)5-8/h2-5H,6H2,1H3,(H2,15,16,17,18). The van der Waals surface area contributed by atoms with Gasteiger partial charge in [-0.05, 0) is 25.1 Å². The Morgan fingerprint density at radius 1 is 1.37 bits per heavy atom. The fourth-order valence-corrected chi connectivity index (χ4v) is 2.10. The Bertz CT molecular complexity index is 600. The van der Waals surface area contributed by atoms with Gasteiger partial charge in [0.05, 0.1) is 5.75 Å². The van der Waals surface area contributed by atoms with Gasteiger partial charge in [-0.15, -0.1) is 11.8 Å².